The highest BCUT2D eigenvalue weighted by molar-refractivity contribution is 14.1. The molecule has 0 N–H and O–H groups in total. The third-order valence-corrected chi connectivity index (χ3v) is 2.24. The number of hydrogen-bond acceptors (Lipinski definition) is 3. The summed E-state index contributed by atoms with van der Waals surface area (Å²) < 4.78 is 13.3. The van der Waals surface area contributed by atoms with Gasteiger partial charge in [0, 0.05) is 22.6 Å². The van der Waals surface area contributed by atoms with Gasteiger partial charge < -0.3 is 9.15 Å². The Balaban J connectivity index is 2.25. The average Bonchev–Trinajstić information content (AvgIpc) is 2.60. The van der Waals surface area contributed by atoms with Crippen LogP contribution in [0.15, 0.2) is 22.6 Å². The smallest absolute Gasteiger partial charge is 0.395 e. The van der Waals surface area contributed by atoms with E-state index in [0.717, 1.165) is 16.7 Å². The van der Waals surface area contributed by atoms with Gasteiger partial charge in [-0.1, -0.05) is 12.0 Å². The number of aryl methyl sites for hydroxylation is 1. The molecule has 2 rings (SSSR count). The third kappa shape index (κ3) is 2.42. The second kappa shape index (κ2) is 4.53. The van der Waals surface area contributed by atoms with Gasteiger partial charge in [0.1, 0.15) is 5.52 Å². The number of hydrogen-bond donors (Lipinski definition) is 0. The number of ether oxygens (including phenoxy) is 1. The maximum absolute atomic E-state index is 5.37. The summed E-state index contributed by atoms with van der Waals surface area (Å²) in [6, 6.07) is 5.81. The molecule has 76 valence electrons. The molecule has 0 bridgehead atoms. The molecule has 2 aromatic rings. The highest BCUT2D eigenvalue weighted by Gasteiger charge is 2.05. The largest absolute Gasteiger partial charge is 0.437 e. The fourth-order valence-corrected chi connectivity index (χ4v) is 1.36. The van der Waals surface area contributed by atoms with E-state index in [1.807, 2.05) is 47.7 Å². The highest BCUT2D eigenvalue weighted by atomic mass is 127. The Morgan fingerprint density at radius 2 is 2.40 bits per heavy atom. The summed E-state index contributed by atoms with van der Waals surface area (Å²) in [6.07, 6.45) is 0.273. The van der Waals surface area contributed by atoms with Crippen molar-refractivity contribution in [2.45, 2.75) is 6.92 Å². The fraction of sp³-hybridized carbons (Fsp3) is 0.182. The summed E-state index contributed by atoms with van der Waals surface area (Å²) in [6.45, 7) is 2.31. The summed E-state index contributed by atoms with van der Waals surface area (Å²) >= 11 is 1.96. The van der Waals surface area contributed by atoms with Gasteiger partial charge in [-0.15, -0.1) is 0 Å². The summed E-state index contributed by atoms with van der Waals surface area (Å²) in [7, 11) is 0. The topological polar surface area (TPSA) is 35.3 Å². The Bertz CT molecular complexity index is 536. The standard InChI is InChI=1S/C11H8INO2/c1-8-3-4-10-9(7-8)13-11(15-10)14-6-2-5-12/h3-4,7H,6H2,1H3. The first-order chi connectivity index (χ1) is 7.29. The van der Waals surface area contributed by atoms with Crippen LogP contribution in [0.2, 0.25) is 0 Å². The molecule has 0 spiro atoms. The van der Waals surface area contributed by atoms with Crippen LogP contribution < -0.4 is 4.74 Å². The second-order valence-electron chi connectivity index (χ2n) is 3.01. The van der Waals surface area contributed by atoms with Crippen LogP contribution in [0, 0.1) is 16.8 Å². The van der Waals surface area contributed by atoms with Gasteiger partial charge in [-0.3, -0.25) is 0 Å². The van der Waals surface area contributed by atoms with E-state index in [0.29, 0.717) is 6.61 Å². The lowest BCUT2D eigenvalue weighted by molar-refractivity contribution is 0.271. The Morgan fingerprint density at radius 1 is 1.53 bits per heavy atom. The molecule has 15 heavy (non-hydrogen) atoms. The average molecular weight is 313 g/mol. The Morgan fingerprint density at radius 3 is 3.20 bits per heavy atom. The van der Waals surface area contributed by atoms with Gasteiger partial charge in [0.25, 0.3) is 0 Å². The lowest BCUT2D eigenvalue weighted by Crippen LogP contribution is -1.92. The molecule has 0 amide bonds. The molecule has 0 saturated heterocycles. The summed E-state index contributed by atoms with van der Waals surface area (Å²) in [5, 5.41) is 0. The van der Waals surface area contributed by atoms with Crippen molar-refractivity contribution in [3.63, 3.8) is 0 Å². The SMILES string of the molecule is Cc1ccc2oc(OCC#CI)nc2c1. The predicted molar refractivity (Wildman–Crippen MR) is 66.0 cm³/mol. The molecule has 0 aliphatic carbocycles. The van der Waals surface area contributed by atoms with E-state index < -0.39 is 0 Å². The molecule has 0 aliphatic heterocycles. The van der Waals surface area contributed by atoms with Gasteiger partial charge >= 0.3 is 6.08 Å². The number of oxazole rings is 1. The zero-order valence-corrected chi connectivity index (χ0v) is 10.2. The van der Waals surface area contributed by atoms with E-state index in [1.165, 1.54) is 0 Å². The van der Waals surface area contributed by atoms with E-state index in [2.05, 4.69) is 14.8 Å². The molecule has 0 atom stereocenters. The van der Waals surface area contributed by atoms with Crippen molar-refractivity contribution in [2.75, 3.05) is 6.61 Å². The maximum Gasteiger partial charge on any atom is 0.395 e. The summed E-state index contributed by atoms with van der Waals surface area (Å²) in [5.74, 6) is 2.77. The quantitative estimate of drug-likeness (QED) is 0.632. The van der Waals surface area contributed by atoms with Gasteiger partial charge in [0.2, 0.25) is 0 Å². The first-order valence-corrected chi connectivity index (χ1v) is 5.46. The molecule has 4 heteroatoms. The van der Waals surface area contributed by atoms with Gasteiger partial charge in [-0.25, -0.2) is 0 Å². The van der Waals surface area contributed by atoms with Crippen LogP contribution in [0.1, 0.15) is 5.56 Å². The molecule has 0 unspecified atom stereocenters. The number of nitrogens with zero attached hydrogens (tertiary/aromatic N) is 1. The van der Waals surface area contributed by atoms with Gasteiger partial charge in [0.15, 0.2) is 12.2 Å². The van der Waals surface area contributed by atoms with Gasteiger partial charge in [0.05, 0.1) is 0 Å². The maximum atomic E-state index is 5.37. The van der Waals surface area contributed by atoms with Crippen molar-refractivity contribution < 1.29 is 9.15 Å². The molecule has 0 saturated carbocycles. The molecule has 3 nitrogen and oxygen atoms in total. The van der Waals surface area contributed by atoms with Crippen LogP contribution >= 0.6 is 22.6 Å². The van der Waals surface area contributed by atoms with Crippen LogP contribution in [0.5, 0.6) is 6.08 Å². The predicted octanol–water partition coefficient (Wildman–Crippen LogP) is 2.91. The lowest BCUT2D eigenvalue weighted by atomic mass is 10.2. The number of aromatic nitrogens is 1. The molecule has 1 aromatic carbocycles. The number of benzene rings is 1. The highest BCUT2D eigenvalue weighted by Crippen LogP contribution is 2.21. The van der Waals surface area contributed by atoms with E-state index in [4.69, 9.17) is 9.15 Å². The lowest BCUT2D eigenvalue weighted by Gasteiger charge is -1.90. The molecule has 1 aromatic heterocycles. The van der Waals surface area contributed by atoms with E-state index in [-0.39, 0.29) is 6.08 Å². The third-order valence-electron chi connectivity index (χ3n) is 1.86. The van der Waals surface area contributed by atoms with E-state index >= 15 is 0 Å². The van der Waals surface area contributed by atoms with Gasteiger partial charge in [-0.2, -0.15) is 4.98 Å². The second-order valence-corrected chi connectivity index (χ2v) is 3.55. The van der Waals surface area contributed by atoms with Crippen molar-refractivity contribution in [1.82, 2.24) is 4.98 Å². The minimum Gasteiger partial charge on any atom is -0.437 e. The first kappa shape index (κ1) is 10.3. The molecule has 1 heterocycles. The number of fused-ring (bicyclic) bond motifs is 1. The Labute approximate surface area is 101 Å². The minimum absolute atomic E-state index is 0.273. The Kier molecular flexibility index (Phi) is 3.11. The zero-order valence-electron chi connectivity index (χ0n) is 8.08. The number of rotatable bonds is 2. The normalized spacial score (nSPS) is 9.73. The molecule has 0 radical (unpaired) electrons. The molecular formula is C11H8INO2. The summed E-state index contributed by atoms with van der Waals surface area (Å²) in [4.78, 5) is 4.19. The van der Waals surface area contributed by atoms with Gasteiger partial charge in [-0.05, 0) is 28.5 Å². The summed E-state index contributed by atoms with van der Waals surface area (Å²) in [5.41, 5.74) is 2.69. The number of halogens is 1. The van der Waals surface area contributed by atoms with Crippen LogP contribution in [0.3, 0.4) is 0 Å². The fourth-order valence-electron chi connectivity index (χ4n) is 1.20. The van der Waals surface area contributed by atoms with Crippen LogP contribution in [0.25, 0.3) is 11.1 Å². The minimum atomic E-state index is 0.273. The molecule has 0 fully saturated rings. The van der Waals surface area contributed by atoms with Crippen molar-refractivity contribution >= 4 is 33.7 Å². The van der Waals surface area contributed by atoms with E-state index in [9.17, 15) is 0 Å². The van der Waals surface area contributed by atoms with Crippen molar-refractivity contribution in [1.29, 1.82) is 0 Å². The van der Waals surface area contributed by atoms with Crippen molar-refractivity contribution in [3.05, 3.63) is 23.8 Å². The van der Waals surface area contributed by atoms with Crippen molar-refractivity contribution in [2.24, 2.45) is 0 Å². The van der Waals surface area contributed by atoms with E-state index in [1.54, 1.807) is 0 Å². The monoisotopic (exact) mass is 313 g/mol. The van der Waals surface area contributed by atoms with Crippen LogP contribution in [0.4, 0.5) is 0 Å². The first-order valence-electron chi connectivity index (χ1n) is 4.38. The van der Waals surface area contributed by atoms with Crippen molar-refractivity contribution in [3.8, 4) is 15.9 Å². The molecule has 0 aliphatic rings. The van der Waals surface area contributed by atoms with Crippen LogP contribution in [-0.4, -0.2) is 11.6 Å². The zero-order chi connectivity index (χ0) is 10.7. The Hall–Kier alpha value is -1.22. The van der Waals surface area contributed by atoms with Crippen LogP contribution in [-0.2, 0) is 0 Å². The molecular weight excluding hydrogens is 305 g/mol.